The number of nitro benzene ring substituents is 1. The van der Waals surface area contributed by atoms with Crippen LogP contribution in [0.2, 0.25) is 54.4 Å². The topological polar surface area (TPSA) is 89.3 Å². The molecule has 55 heavy (non-hydrogen) atoms. The highest BCUT2D eigenvalue weighted by molar-refractivity contribution is 6.75. The van der Waals surface area contributed by atoms with Gasteiger partial charge in [0.1, 0.15) is 5.69 Å². The molecule has 2 aliphatic heterocycles. The van der Waals surface area contributed by atoms with Crippen LogP contribution in [0.1, 0.15) is 120 Å². The van der Waals surface area contributed by atoms with Gasteiger partial charge in [0, 0.05) is 25.7 Å². The summed E-state index contributed by atoms with van der Waals surface area (Å²) < 4.78 is 22.0. The van der Waals surface area contributed by atoms with E-state index in [1.807, 2.05) is 6.07 Å². The molecule has 2 heterocycles. The van der Waals surface area contributed by atoms with Crippen LogP contribution in [-0.4, -0.2) is 97.3 Å². The van der Waals surface area contributed by atoms with Crippen molar-refractivity contribution in [3.63, 3.8) is 0 Å². The Morgan fingerprint density at radius 2 is 1.33 bits per heavy atom. The van der Waals surface area contributed by atoms with E-state index in [9.17, 15) is 10.1 Å². The fraction of sp³-hybridized carbons (Fsp3) is 0.860. The number of piperidine rings is 2. The predicted molar refractivity (Wildman–Crippen MR) is 241 cm³/mol. The van der Waals surface area contributed by atoms with Crippen molar-refractivity contribution in [1.82, 2.24) is 9.80 Å². The van der Waals surface area contributed by atoms with Crippen LogP contribution in [0.3, 0.4) is 0 Å². The summed E-state index contributed by atoms with van der Waals surface area (Å²) in [4.78, 5) is 16.9. The van der Waals surface area contributed by atoms with E-state index in [0.29, 0.717) is 18.2 Å². The van der Waals surface area contributed by atoms with Gasteiger partial charge in [-0.1, -0.05) is 94.6 Å². The van der Waals surface area contributed by atoms with Gasteiger partial charge in [0.15, 0.2) is 25.0 Å². The van der Waals surface area contributed by atoms with Gasteiger partial charge in [-0.3, -0.25) is 19.9 Å². The van der Waals surface area contributed by atoms with E-state index in [4.69, 9.17) is 13.3 Å². The molecule has 0 aromatic heterocycles. The van der Waals surface area contributed by atoms with Crippen LogP contribution in [0.25, 0.3) is 0 Å². The highest BCUT2D eigenvalue weighted by atomic mass is 28.4. The third kappa shape index (κ3) is 13.4. The largest absolute Gasteiger partial charge is 0.415 e. The van der Waals surface area contributed by atoms with Crippen molar-refractivity contribution >= 4 is 36.3 Å². The number of nitrogens with one attached hydrogen (secondary N) is 1. The Morgan fingerprint density at radius 1 is 0.782 bits per heavy atom. The maximum absolute atomic E-state index is 12.0. The zero-order chi connectivity index (χ0) is 41.6. The lowest BCUT2D eigenvalue weighted by Crippen LogP contribution is -2.66. The van der Waals surface area contributed by atoms with Gasteiger partial charge in [-0.25, -0.2) is 0 Å². The molecule has 2 fully saturated rings. The fourth-order valence-electron chi connectivity index (χ4n) is 7.06. The number of hydrogen-bond acceptors (Lipinski definition) is 8. The molecule has 12 heteroatoms. The molecule has 0 radical (unpaired) electrons. The van der Waals surface area contributed by atoms with Crippen LogP contribution in [0.15, 0.2) is 18.2 Å². The molecule has 3 rings (SSSR count). The third-order valence-electron chi connectivity index (χ3n) is 14.0. The quantitative estimate of drug-likeness (QED) is 0.0678. The van der Waals surface area contributed by atoms with E-state index in [1.54, 1.807) is 6.07 Å². The summed E-state index contributed by atoms with van der Waals surface area (Å²) in [6.45, 7) is 44.0. The second kappa shape index (κ2) is 19.3. The van der Waals surface area contributed by atoms with E-state index in [1.165, 1.54) is 19.3 Å². The van der Waals surface area contributed by atoms with Crippen molar-refractivity contribution in [2.24, 2.45) is 5.92 Å². The first-order chi connectivity index (χ1) is 25.2. The molecular weight excluding hydrogens is 737 g/mol. The Morgan fingerprint density at radius 3 is 1.87 bits per heavy atom. The SMILES string of the molecule is C[C@H]1CN(CCCCCCNc2ccc(CN3CCCCC3)cc2[N+](=O)[O-])[C@H](CO[Si](C)(C)C(C)(C)C)[C@@H](O[Si](C)(C)C(C)(C)C)[C@@H]1O[Si](C)(C)C(C)(C)C. The Kier molecular flexibility index (Phi) is 16.9. The third-order valence-corrected chi connectivity index (χ3v) is 27.4. The van der Waals surface area contributed by atoms with Gasteiger partial charge in [0.05, 0.1) is 29.8 Å². The Balaban J connectivity index is 1.73. The normalized spacial score (nSPS) is 22.9. The van der Waals surface area contributed by atoms with Crippen LogP contribution < -0.4 is 5.32 Å². The van der Waals surface area contributed by atoms with E-state index in [0.717, 1.165) is 70.5 Å². The minimum Gasteiger partial charge on any atom is -0.415 e. The maximum atomic E-state index is 12.0. The molecule has 0 amide bonds. The van der Waals surface area contributed by atoms with E-state index < -0.39 is 25.0 Å². The van der Waals surface area contributed by atoms with Gasteiger partial charge in [0.2, 0.25) is 0 Å². The first-order valence-electron chi connectivity index (χ1n) is 21.6. The summed E-state index contributed by atoms with van der Waals surface area (Å²) in [6, 6.07) is 5.85. The molecule has 2 saturated heterocycles. The number of anilines is 1. The lowest BCUT2D eigenvalue weighted by atomic mass is 9.88. The molecule has 0 bridgehead atoms. The van der Waals surface area contributed by atoms with Gasteiger partial charge >= 0.3 is 0 Å². The highest BCUT2D eigenvalue weighted by Crippen LogP contribution is 2.44. The summed E-state index contributed by atoms with van der Waals surface area (Å²) in [5.74, 6) is 0.333. The average Bonchev–Trinajstić information content (AvgIpc) is 3.04. The van der Waals surface area contributed by atoms with Crippen molar-refractivity contribution in [1.29, 1.82) is 0 Å². The summed E-state index contributed by atoms with van der Waals surface area (Å²) >= 11 is 0. The van der Waals surface area contributed by atoms with Gasteiger partial charge in [-0.2, -0.15) is 0 Å². The zero-order valence-electron chi connectivity index (χ0n) is 38.3. The standard InChI is InChI=1S/C43H84N4O5Si3/c1-34-31-46(29-23-18-17-20-26-44-36-25-24-35(30-37(36)47(48)49)32-45-27-21-19-22-28-45)38(33-50-53(11,12)41(2,3)4)40(52-55(15,16)43(8,9)10)39(34)51-54(13,14)42(5,6)7/h24-25,30,34,38-40,44H,17-23,26-29,31-33H2,1-16H3/t34-,38+,39+,40+/m0/s1. The van der Waals surface area contributed by atoms with Gasteiger partial charge in [-0.05, 0) is 117 Å². The lowest BCUT2D eigenvalue weighted by Gasteiger charge is -2.54. The molecular formula is C43H84N4O5Si3. The first-order valence-corrected chi connectivity index (χ1v) is 30.4. The Bertz CT molecular complexity index is 1370. The Hall–Kier alpha value is -1.13. The average molecular weight is 821 g/mol. The predicted octanol–water partition coefficient (Wildman–Crippen LogP) is 11.7. The number of rotatable bonds is 18. The van der Waals surface area contributed by atoms with Crippen LogP contribution in [-0.2, 0) is 19.8 Å². The zero-order valence-corrected chi connectivity index (χ0v) is 41.3. The second-order valence-corrected chi connectivity index (χ2v) is 35.9. The van der Waals surface area contributed by atoms with Crippen molar-refractivity contribution in [2.75, 3.05) is 44.6 Å². The van der Waals surface area contributed by atoms with Gasteiger partial charge in [-0.15, -0.1) is 0 Å². The molecule has 318 valence electrons. The maximum Gasteiger partial charge on any atom is 0.292 e. The Labute approximate surface area is 340 Å². The van der Waals surface area contributed by atoms with Gasteiger partial charge < -0.3 is 18.6 Å². The number of nitrogens with zero attached hydrogens (tertiary/aromatic N) is 3. The molecule has 0 saturated carbocycles. The number of unbranched alkanes of at least 4 members (excludes halogenated alkanes) is 3. The summed E-state index contributed by atoms with van der Waals surface area (Å²) in [7, 11) is -6.27. The molecule has 1 aromatic carbocycles. The van der Waals surface area contributed by atoms with Crippen LogP contribution in [0, 0.1) is 16.0 Å². The highest BCUT2D eigenvalue weighted by Gasteiger charge is 2.52. The van der Waals surface area contributed by atoms with Crippen molar-refractivity contribution in [2.45, 2.75) is 193 Å². The monoisotopic (exact) mass is 821 g/mol. The van der Waals surface area contributed by atoms with Crippen molar-refractivity contribution in [3.8, 4) is 0 Å². The van der Waals surface area contributed by atoms with Crippen molar-refractivity contribution in [3.05, 3.63) is 33.9 Å². The van der Waals surface area contributed by atoms with Crippen LogP contribution >= 0.6 is 0 Å². The summed E-state index contributed by atoms with van der Waals surface area (Å²) in [5.41, 5.74) is 1.83. The number of nitro groups is 1. The fourth-order valence-corrected chi connectivity index (χ4v) is 10.8. The lowest BCUT2D eigenvalue weighted by molar-refractivity contribution is -0.384. The molecule has 0 spiro atoms. The molecule has 4 atom stereocenters. The minimum atomic E-state index is -2.16. The number of benzene rings is 1. The molecule has 1 N–H and O–H groups in total. The van der Waals surface area contributed by atoms with E-state index >= 15 is 0 Å². The minimum absolute atomic E-state index is 0.0215. The molecule has 0 aliphatic carbocycles. The van der Waals surface area contributed by atoms with Crippen molar-refractivity contribution < 1.29 is 18.2 Å². The smallest absolute Gasteiger partial charge is 0.292 e. The van der Waals surface area contributed by atoms with Crippen LogP contribution in [0.4, 0.5) is 11.4 Å². The number of hydrogen-bond donors (Lipinski definition) is 1. The van der Waals surface area contributed by atoms with E-state index in [2.05, 4.69) is 130 Å². The summed E-state index contributed by atoms with van der Waals surface area (Å²) in [5, 5.41) is 15.7. The number of likely N-dealkylation sites (tertiary alicyclic amines) is 2. The van der Waals surface area contributed by atoms with Gasteiger partial charge in [0.25, 0.3) is 5.69 Å². The molecule has 0 unspecified atom stereocenters. The molecule has 2 aliphatic rings. The first kappa shape index (κ1) is 48.2. The van der Waals surface area contributed by atoms with E-state index in [-0.39, 0.29) is 44.0 Å². The van der Waals surface area contributed by atoms with Crippen LogP contribution in [0.5, 0.6) is 0 Å². The second-order valence-electron chi connectivity index (χ2n) is 21.6. The molecule has 1 aromatic rings. The molecule has 9 nitrogen and oxygen atoms in total. The summed E-state index contributed by atoms with van der Waals surface area (Å²) in [6.07, 6.45) is 7.91.